The predicted molar refractivity (Wildman–Crippen MR) is 78.1 cm³/mol. The third-order valence-electron chi connectivity index (χ3n) is 4.19. The Morgan fingerprint density at radius 3 is 2.62 bits per heavy atom. The van der Waals surface area contributed by atoms with Crippen molar-refractivity contribution in [1.82, 2.24) is 5.32 Å². The van der Waals surface area contributed by atoms with E-state index in [1.54, 1.807) is 13.0 Å². The summed E-state index contributed by atoms with van der Waals surface area (Å²) in [6.07, 6.45) is 3.47. The van der Waals surface area contributed by atoms with Gasteiger partial charge in [0, 0.05) is 29.8 Å². The minimum absolute atomic E-state index is 0.0355. The maximum absolute atomic E-state index is 12.3. The van der Waals surface area contributed by atoms with Crippen molar-refractivity contribution < 1.29 is 14.8 Å². The van der Waals surface area contributed by atoms with Crippen LogP contribution in [0.4, 0.5) is 5.69 Å². The third-order valence-corrected chi connectivity index (χ3v) is 4.19. The Morgan fingerprint density at radius 1 is 1.38 bits per heavy atom. The second-order valence-corrected chi connectivity index (χ2v) is 5.58. The molecule has 1 fully saturated rings. The van der Waals surface area contributed by atoms with Crippen LogP contribution in [0, 0.1) is 23.0 Å². The summed E-state index contributed by atoms with van der Waals surface area (Å²) in [5, 5.41) is 23.0. The van der Waals surface area contributed by atoms with Crippen LogP contribution in [0.2, 0.25) is 0 Å². The van der Waals surface area contributed by atoms with Crippen molar-refractivity contribution in [1.29, 1.82) is 0 Å². The summed E-state index contributed by atoms with van der Waals surface area (Å²) in [6, 6.07) is 4.62. The van der Waals surface area contributed by atoms with Crippen LogP contribution in [0.25, 0.3) is 0 Å². The summed E-state index contributed by atoms with van der Waals surface area (Å²) in [7, 11) is 0. The minimum atomic E-state index is -0.474. The molecule has 0 unspecified atom stereocenters. The van der Waals surface area contributed by atoms with E-state index in [9.17, 15) is 14.9 Å². The molecule has 2 N–H and O–H groups in total. The van der Waals surface area contributed by atoms with Gasteiger partial charge in [-0.25, -0.2) is 0 Å². The average Bonchev–Trinajstić information content (AvgIpc) is 2.47. The summed E-state index contributed by atoms with van der Waals surface area (Å²) < 4.78 is 0. The van der Waals surface area contributed by atoms with Crippen LogP contribution in [-0.2, 0) is 0 Å². The normalized spacial score (nSPS) is 21.8. The molecule has 1 aliphatic carbocycles. The number of nitro groups is 1. The van der Waals surface area contributed by atoms with Crippen LogP contribution in [0.1, 0.15) is 41.6 Å². The van der Waals surface area contributed by atoms with Gasteiger partial charge in [0.05, 0.1) is 4.92 Å². The number of nitro benzene ring substituents is 1. The largest absolute Gasteiger partial charge is 0.396 e. The molecule has 1 aromatic carbocycles. The van der Waals surface area contributed by atoms with Crippen molar-refractivity contribution in [2.45, 2.75) is 38.6 Å². The van der Waals surface area contributed by atoms with Gasteiger partial charge in [-0.3, -0.25) is 14.9 Å². The number of carbonyl (C=O) groups is 1. The van der Waals surface area contributed by atoms with E-state index in [0.717, 1.165) is 25.7 Å². The van der Waals surface area contributed by atoms with Crippen LogP contribution in [-0.4, -0.2) is 28.6 Å². The van der Waals surface area contributed by atoms with Gasteiger partial charge < -0.3 is 10.4 Å². The average molecular weight is 292 g/mol. The van der Waals surface area contributed by atoms with Crippen molar-refractivity contribution in [2.24, 2.45) is 5.92 Å². The maximum Gasteiger partial charge on any atom is 0.273 e. The first-order valence-electron chi connectivity index (χ1n) is 7.18. The lowest BCUT2D eigenvalue weighted by atomic mass is 9.86. The van der Waals surface area contributed by atoms with E-state index >= 15 is 0 Å². The molecule has 1 aliphatic rings. The maximum atomic E-state index is 12.3. The molecule has 1 aromatic rings. The van der Waals surface area contributed by atoms with E-state index < -0.39 is 4.92 Å². The number of rotatable bonds is 4. The molecule has 0 atom stereocenters. The number of hydrogen-bond acceptors (Lipinski definition) is 4. The third kappa shape index (κ3) is 3.58. The monoisotopic (exact) mass is 292 g/mol. The zero-order chi connectivity index (χ0) is 15.4. The summed E-state index contributed by atoms with van der Waals surface area (Å²) in [5.74, 6) is 0.0707. The molecule has 1 amide bonds. The van der Waals surface area contributed by atoms with E-state index in [4.69, 9.17) is 5.11 Å². The Kier molecular flexibility index (Phi) is 4.90. The first-order valence-corrected chi connectivity index (χ1v) is 7.18. The number of nitrogens with one attached hydrogen (secondary N) is 1. The first kappa shape index (κ1) is 15.4. The smallest absolute Gasteiger partial charge is 0.273 e. The van der Waals surface area contributed by atoms with Crippen LogP contribution in [0.5, 0.6) is 0 Å². The topological polar surface area (TPSA) is 92.5 Å². The number of aliphatic hydroxyl groups is 1. The van der Waals surface area contributed by atoms with Gasteiger partial charge in [0.25, 0.3) is 11.6 Å². The van der Waals surface area contributed by atoms with E-state index in [-0.39, 0.29) is 24.2 Å². The molecular weight excluding hydrogens is 272 g/mol. The van der Waals surface area contributed by atoms with E-state index in [1.807, 2.05) is 0 Å². The highest BCUT2D eigenvalue weighted by Crippen LogP contribution is 2.25. The summed E-state index contributed by atoms with van der Waals surface area (Å²) >= 11 is 0. The van der Waals surface area contributed by atoms with Gasteiger partial charge in [0.2, 0.25) is 0 Å². The summed E-state index contributed by atoms with van der Waals surface area (Å²) in [5.41, 5.74) is 0.712. The highest BCUT2D eigenvalue weighted by molar-refractivity contribution is 5.96. The molecule has 0 saturated heterocycles. The number of amides is 1. The summed E-state index contributed by atoms with van der Waals surface area (Å²) in [6.45, 7) is 1.79. The van der Waals surface area contributed by atoms with Gasteiger partial charge in [0.1, 0.15) is 0 Å². The molecule has 0 spiro atoms. The quantitative estimate of drug-likeness (QED) is 0.657. The lowest BCUT2D eigenvalue weighted by molar-refractivity contribution is -0.385. The van der Waals surface area contributed by atoms with Crippen LogP contribution in [0.3, 0.4) is 0 Å². The Labute approximate surface area is 123 Å². The fourth-order valence-corrected chi connectivity index (χ4v) is 2.82. The molecule has 0 aromatic heterocycles. The van der Waals surface area contributed by atoms with Crippen molar-refractivity contribution in [3.63, 3.8) is 0 Å². The van der Waals surface area contributed by atoms with E-state index in [2.05, 4.69) is 5.32 Å². The molecule has 2 rings (SSSR count). The molecule has 0 bridgehead atoms. The van der Waals surface area contributed by atoms with Crippen LogP contribution >= 0.6 is 0 Å². The number of benzene rings is 1. The van der Waals surface area contributed by atoms with Crippen molar-refractivity contribution in [2.75, 3.05) is 6.61 Å². The summed E-state index contributed by atoms with van der Waals surface area (Å²) in [4.78, 5) is 22.7. The van der Waals surface area contributed by atoms with Crippen molar-refractivity contribution in [3.05, 3.63) is 39.4 Å². The van der Waals surface area contributed by atoms with Gasteiger partial charge in [-0.2, -0.15) is 0 Å². The Morgan fingerprint density at radius 2 is 2.05 bits per heavy atom. The zero-order valence-corrected chi connectivity index (χ0v) is 12.0. The number of aliphatic hydroxyl groups excluding tert-OH is 1. The van der Waals surface area contributed by atoms with Crippen LogP contribution in [0.15, 0.2) is 18.2 Å². The van der Waals surface area contributed by atoms with E-state index in [0.29, 0.717) is 17.0 Å². The standard InChI is InChI=1S/C15H20N2O4/c1-10-13(3-2-4-14(10)17(20)21)15(19)16-12-7-5-11(9-18)6-8-12/h2-4,11-12,18H,5-9H2,1H3,(H,16,19). The zero-order valence-electron chi connectivity index (χ0n) is 12.0. The lowest BCUT2D eigenvalue weighted by Crippen LogP contribution is -2.38. The molecular formula is C15H20N2O4. The van der Waals surface area contributed by atoms with Crippen molar-refractivity contribution in [3.8, 4) is 0 Å². The lowest BCUT2D eigenvalue weighted by Gasteiger charge is -2.28. The van der Waals surface area contributed by atoms with Gasteiger partial charge in [0.15, 0.2) is 0 Å². The van der Waals surface area contributed by atoms with Crippen molar-refractivity contribution >= 4 is 11.6 Å². The molecule has 0 aliphatic heterocycles. The van der Waals surface area contributed by atoms with E-state index in [1.165, 1.54) is 12.1 Å². The first-order chi connectivity index (χ1) is 10.0. The molecule has 21 heavy (non-hydrogen) atoms. The Hall–Kier alpha value is -1.95. The Balaban J connectivity index is 2.04. The fraction of sp³-hybridized carbons (Fsp3) is 0.533. The van der Waals surface area contributed by atoms with Crippen LogP contribution < -0.4 is 5.32 Å². The molecule has 6 heteroatoms. The number of carbonyl (C=O) groups excluding carboxylic acids is 1. The second kappa shape index (κ2) is 6.67. The van der Waals surface area contributed by atoms with Gasteiger partial charge >= 0.3 is 0 Å². The SMILES string of the molecule is Cc1c(C(=O)NC2CCC(CO)CC2)cccc1[N+](=O)[O-]. The minimum Gasteiger partial charge on any atom is -0.396 e. The predicted octanol–water partition coefficient (Wildman–Crippen LogP) is 2.18. The molecule has 0 heterocycles. The highest BCUT2D eigenvalue weighted by Gasteiger charge is 2.24. The highest BCUT2D eigenvalue weighted by atomic mass is 16.6. The fourth-order valence-electron chi connectivity index (χ4n) is 2.82. The molecule has 114 valence electrons. The van der Waals surface area contributed by atoms with Gasteiger partial charge in [-0.05, 0) is 44.6 Å². The molecule has 1 saturated carbocycles. The van der Waals surface area contributed by atoms with Gasteiger partial charge in [-0.1, -0.05) is 6.07 Å². The number of nitrogens with zero attached hydrogens (tertiary/aromatic N) is 1. The second-order valence-electron chi connectivity index (χ2n) is 5.58. The molecule has 6 nitrogen and oxygen atoms in total. The van der Waals surface area contributed by atoms with Gasteiger partial charge in [-0.15, -0.1) is 0 Å². The number of hydrogen-bond donors (Lipinski definition) is 2. The Bertz CT molecular complexity index is 536. The molecule has 0 radical (unpaired) electrons.